The van der Waals surface area contributed by atoms with Crippen LogP contribution in [0.2, 0.25) is 0 Å². The molecule has 9 nitrogen and oxygen atoms in total. The molecule has 0 amide bonds. The molecule has 31 heavy (non-hydrogen) atoms. The number of fused-ring (bicyclic) bond motifs is 2. The van der Waals surface area contributed by atoms with Gasteiger partial charge in [0.25, 0.3) is 0 Å². The summed E-state index contributed by atoms with van der Waals surface area (Å²) in [6.45, 7) is 4.93. The largest absolute Gasteiger partial charge is 0.324 e. The number of hydrogen-bond acceptors (Lipinski definition) is 8. The Bertz CT molecular complexity index is 1560. The van der Waals surface area contributed by atoms with Gasteiger partial charge >= 0.3 is 0 Å². The quantitative estimate of drug-likeness (QED) is 0.446. The van der Waals surface area contributed by atoms with Crippen molar-refractivity contribution in [1.29, 1.82) is 0 Å². The molecule has 4 aromatic rings. The number of sulfone groups is 2. The maximum atomic E-state index is 12.9. The second kappa shape index (κ2) is 7.34. The highest BCUT2D eigenvalue weighted by molar-refractivity contribution is 7.91. The lowest BCUT2D eigenvalue weighted by molar-refractivity contribution is 0.596. The van der Waals surface area contributed by atoms with Gasteiger partial charge in [0.2, 0.25) is 0 Å². The van der Waals surface area contributed by atoms with Gasteiger partial charge in [-0.05, 0) is 25.1 Å². The van der Waals surface area contributed by atoms with Gasteiger partial charge in [-0.25, -0.2) is 31.8 Å². The van der Waals surface area contributed by atoms with Gasteiger partial charge in [-0.1, -0.05) is 13.8 Å². The summed E-state index contributed by atoms with van der Waals surface area (Å²) in [5.41, 5.74) is 2.60. The fourth-order valence-corrected chi connectivity index (χ4v) is 5.22. The molecule has 4 heterocycles. The molecule has 4 rings (SSSR count). The first-order valence-corrected chi connectivity index (χ1v) is 12.9. The molecule has 0 bridgehead atoms. The van der Waals surface area contributed by atoms with E-state index in [2.05, 4.69) is 19.9 Å². The van der Waals surface area contributed by atoms with E-state index in [-0.39, 0.29) is 32.6 Å². The third-order valence-electron chi connectivity index (χ3n) is 5.18. The van der Waals surface area contributed by atoms with Crippen LogP contribution in [0, 0.1) is 6.92 Å². The topological polar surface area (TPSA) is 125 Å². The molecule has 0 radical (unpaired) electrons. The van der Waals surface area contributed by atoms with Crippen molar-refractivity contribution in [3.63, 3.8) is 0 Å². The van der Waals surface area contributed by atoms with Crippen molar-refractivity contribution in [3.8, 4) is 11.5 Å². The van der Waals surface area contributed by atoms with Gasteiger partial charge in [-0.3, -0.25) is 4.98 Å². The van der Waals surface area contributed by atoms with Crippen LogP contribution >= 0.6 is 0 Å². The monoisotopic (exact) mass is 459 g/mol. The van der Waals surface area contributed by atoms with E-state index in [0.29, 0.717) is 16.7 Å². The van der Waals surface area contributed by atoms with Gasteiger partial charge in [0, 0.05) is 24.3 Å². The summed E-state index contributed by atoms with van der Waals surface area (Å²) < 4.78 is 52.1. The van der Waals surface area contributed by atoms with Crippen molar-refractivity contribution >= 4 is 41.7 Å². The third kappa shape index (κ3) is 3.57. The number of hydrogen-bond donors (Lipinski definition) is 0. The molecule has 0 atom stereocenters. The Balaban J connectivity index is 2.06. The SMILES string of the molecule is CCS(=O)(=O)c1cnc2nc(-c3nc4cc(C)ncc4n3C)c(S(=O)(=O)CC)cc2c1. The molecule has 0 aliphatic carbocycles. The first kappa shape index (κ1) is 21.3. The standard InChI is InChI=1S/C20H21N5O4S2/c1-5-30(26,27)14-8-13-9-17(31(28,29)6-2)18(24-19(13)22-10-14)20-23-15-7-12(3)21-11-16(15)25(20)4/h7-11H,5-6H2,1-4H3. The van der Waals surface area contributed by atoms with E-state index in [0.717, 1.165) is 11.2 Å². The summed E-state index contributed by atoms with van der Waals surface area (Å²) in [5, 5.41) is 0.335. The lowest BCUT2D eigenvalue weighted by Crippen LogP contribution is -2.10. The van der Waals surface area contributed by atoms with Crippen LogP contribution in [0.5, 0.6) is 0 Å². The molecule has 162 valence electrons. The smallest absolute Gasteiger partial charge is 0.180 e. The molecular weight excluding hydrogens is 438 g/mol. The van der Waals surface area contributed by atoms with Crippen molar-refractivity contribution in [2.45, 2.75) is 30.6 Å². The molecule has 0 saturated carbocycles. The molecule has 4 aromatic heterocycles. The maximum absolute atomic E-state index is 12.9. The zero-order valence-electron chi connectivity index (χ0n) is 17.5. The van der Waals surface area contributed by atoms with E-state index in [1.165, 1.54) is 25.3 Å². The van der Waals surface area contributed by atoms with Crippen LogP contribution in [-0.2, 0) is 26.7 Å². The summed E-state index contributed by atoms with van der Waals surface area (Å²) in [5.74, 6) is 0.139. The molecule has 0 aliphatic heterocycles. The van der Waals surface area contributed by atoms with Crippen LogP contribution < -0.4 is 0 Å². The predicted octanol–water partition coefficient (Wildman–Crippen LogP) is 2.47. The van der Waals surface area contributed by atoms with Gasteiger partial charge in [0.05, 0.1) is 38.5 Å². The zero-order chi connectivity index (χ0) is 22.6. The van der Waals surface area contributed by atoms with E-state index < -0.39 is 19.7 Å². The Morgan fingerprint density at radius 1 is 0.903 bits per heavy atom. The minimum atomic E-state index is -3.69. The van der Waals surface area contributed by atoms with Gasteiger partial charge < -0.3 is 4.57 Å². The number of aryl methyl sites for hydroxylation is 2. The fraction of sp³-hybridized carbons (Fsp3) is 0.300. The average Bonchev–Trinajstić information content (AvgIpc) is 3.07. The van der Waals surface area contributed by atoms with E-state index >= 15 is 0 Å². The summed E-state index contributed by atoms with van der Waals surface area (Å²) in [6.07, 6.45) is 2.92. The van der Waals surface area contributed by atoms with Gasteiger partial charge in [0.1, 0.15) is 5.69 Å². The summed E-state index contributed by atoms with van der Waals surface area (Å²) >= 11 is 0. The van der Waals surface area contributed by atoms with Crippen LogP contribution in [0.25, 0.3) is 33.6 Å². The molecule has 0 unspecified atom stereocenters. The highest BCUT2D eigenvalue weighted by atomic mass is 32.2. The molecule has 0 N–H and O–H groups in total. The lowest BCUT2D eigenvalue weighted by Gasteiger charge is -2.11. The molecule has 0 aliphatic rings. The minimum absolute atomic E-state index is 0.0153. The maximum Gasteiger partial charge on any atom is 0.180 e. The van der Waals surface area contributed by atoms with Crippen LogP contribution in [-0.4, -0.2) is 52.8 Å². The lowest BCUT2D eigenvalue weighted by atomic mass is 10.2. The summed E-state index contributed by atoms with van der Waals surface area (Å²) in [4.78, 5) is 17.6. The number of nitrogens with zero attached hydrogens (tertiary/aromatic N) is 5. The van der Waals surface area contributed by atoms with Gasteiger partial charge in [-0.15, -0.1) is 0 Å². The first-order chi connectivity index (χ1) is 14.6. The third-order valence-corrected chi connectivity index (χ3v) is 8.62. The van der Waals surface area contributed by atoms with Crippen LogP contribution in [0.3, 0.4) is 0 Å². The van der Waals surface area contributed by atoms with E-state index in [1.807, 2.05) is 13.0 Å². The Morgan fingerprint density at radius 3 is 2.29 bits per heavy atom. The summed E-state index contributed by atoms with van der Waals surface area (Å²) in [6, 6.07) is 4.66. The predicted molar refractivity (Wildman–Crippen MR) is 117 cm³/mol. The molecule has 0 spiro atoms. The van der Waals surface area contributed by atoms with Crippen molar-refractivity contribution in [2.24, 2.45) is 7.05 Å². The Morgan fingerprint density at radius 2 is 1.61 bits per heavy atom. The number of imidazole rings is 1. The first-order valence-electron chi connectivity index (χ1n) is 9.63. The van der Waals surface area contributed by atoms with Crippen LogP contribution in [0.4, 0.5) is 0 Å². The Labute approximate surface area is 180 Å². The second-order valence-corrected chi connectivity index (χ2v) is 11.7. The highest BCUT2D eigenvalue weighted by Crippen LogP contribution is 2.31. The summed E-state index contributed by atoms with van der Waals surface area (Å²) in [7, 11) is -5.43. The number of aromatic nitrogens is 5. The van der Waals surface area contributed by atoms with Crippen LogP contribution in [0.15, 0.2) is 40.4 Å². The van der Waals surface area contributed by atoms with Crippen LogP contribution in [0.1, 0.15) is 19.5 Å². The van der Waals surface area contributed by atoms with Gasteiger partial charge in [0.15, 0.2) is 31.1 Å². The van der Waals surface area contributed by atoms with Crippen molar-refractivity contribution in [2.75, 3.05) is 11.5 Å². The molecule has 0 saturated heterocycles. The van der Waals surface area contributed by atoms with E-state index in [4.69, 9.17) is 0 Å². The Hall–Kier alpha value is -2.92. The van der Waals surface area contributed by atoms with Gasteiger partial charge in [-0.2, -0.15) is 0 Å². The fourth-order valence-electron chi connectivity index (χ4n) is 3.32. The van der Waals surface area contributed by atoms with Crippen molar-refractivity contribution < 1.29 is 16.8 Å². The molecule has 11 heteroatoms. The molecule has 0 fully saturated rings. The number of rotatable bonds is 5. The number of pyridine rings is 3. The Kier molecular flexibility index (Phi) is 5.05. The van der Waals surface area contributed by atoms with Crippen molar-refractivity contribution in [1.82, 2.24) is 24.5 Å². The normalized spacial score (nSPS) is 12.6. The second-order valence-electron chi connectivity index (χ2n) is 7.17. The molecule has 0 aromatic carbocycles. The zero-order valence-corrected chi connectivity index (χ0v) is 19.1. The average molecular weight is 460 g/mol. The minimum Gasteiger partial charge on any atom is -0.324 e. The van der Waals surface area contributed by atoms with Crippen molar-refractivity contribution in [3.05, 3.63) is 36.3 Å². The van der Waals surface area contributed by atoms with E-state index in [1.54, 1.807) is 24.7 Å². The molecular formula is C20H21N5O4S2. The highest BCUT2D eigenvalue weighted by Gasteiger charge is 2.25. The van der Waals surface area contributed by atoms with E-state index in [9.17, 15) is 16.8 Å².